The Kier molecular flexibility index (Phi) is 6.48. The van der Waals surface area contributed by atoms with Crippen molar-refractivity contribution in [3.8, 4) is 0 Å². The molecule has 1 aromatic heterocycles. The Bertz CT molecular complexity index is 1580. The third kappa shape index (κ3) is 5.19. The number of nitrogens with zero attached hydrogens (tertiary/aromatic N) is 2. The van der Waals surface area contributed by atoms with E-state index < -0.39 is 17.3 Å². The Morgan fingerprint density at radius 2 is 1.28 bits per heavy atom. The summed E-state index contributed by atoms with van der Waals surface area (Å²) in [7, 11) is 0. The second-order valence-corrected chi connectivity index (χ2v) is 10.7. The molecule has 0 radical (unpaired) electrons. The minimum absolute atomic E-state index is 0.0956. The van der Waals surface area contributed by atoms with Crippen LogP contribution in [0.15, 0.2) is 97.3 Å². The first-order valence-corrected chi connectivity index (χ1v) is 13.2. The largest absolute Gasteiger partial charge is 0.416 e. The first kappa shape index (κ1) is 25.7. The van der Waals surface area contributed by atoms with Gasteiger partial charge in [-0.25, -0.2) is 9.97 Å². The van der Waals surface area contributed by atoms with Gasteiger partial charge in [-0.3, -0.25) is 0 Å². The van der Waals surface area contributed by atoms with Gasteiger partial charge in [0, 0.05) is 21.3 Å². The number of alkyl halides is 3. The third-order valence-corrected chi connectivity index (χ3v) is 7.78. The highest BCUT2D eigenvalue weighted by molar-refractivity contribution is 6.30. The van der Waals surface area contributed by atoms with E-state index in [0.717, 1.165) is 58.1 Å². The van der Waals surface area contributed by atoms with E-state index in [-0.39, 0.29) is 5.92 Å². The maximum Gasteiger partial charge on any atom is 0.416 e. The zero-order chi connectivity index (χ0) is 27.2. The topological polar surface area (TPSA) is 37.8 Å². The number of halogens is 5. The molecule has 0 amide bonds. The minimum Gasteiger partial charge on any atom is -0.360 e. The predicted octanol–water partition coefficient (Wildman–Crippen LogP) is 9.24. The highest BCUT2D eigenvalue weighted by Crippen LogP contribution is 2.49. The smallest absolute Gasteiger partial charge is 0.360 e. The molecule has 8 heteroatoms. The molecule has 6 rings (SSSR count). The van der Waals surface area contributed by atoms with Crippen molar-refractivity contribution < 1.29 is 13.2 Å². The maximum absolute atomic E-state index is 13.1. The normalized spacial score (nSPS) is 14.5. The molecule has 196 valence electrons. The molecular formula is C31H22Cl2F3N3. The lowest BCUT2D eigenvalue weighted by Gasteiger charge is -2.22. The van der Waals surface area contributed by atoms with Crippen LogP contribution in [0.1, 0.15) is 46.6 Å². The van der Waals surface area contributed by atoms with Gasteiger partial charge in [-0.05, 0) is 83.6 Å². The molecule has 5 aromatic rings. The predicted molar refractivity (Wildman–Crippen MR) is 149 cm³/mol. The highest BCUT2D eigenvalue weighted by atomic mass is 35.5. The number of aromatic nitrogens is 2. The van der Waals surface area contributed by atoms with Gasteiger partial charge in [-0.2, -0.15) is 13.2 Å². The number of nitrogens with one attached hydrogen (secondary N) is 1. The summed E-state index contributed by atoms with van der Waals surface area (Å²) in [5.74, 6) is 0.548. The lowest BCUT2D eigenvalue weighted by molar-refractivity contribution is -0.137. The van der Waals surface area contributed by atoms with Crippen LogP contribution in [0.2, 0.25) is 10.0 Å². The summed E-state index contributed by atoms with van der Waals surface area (Å²) < 4.78 is 39.3. The molecule has 0 unspecified atom stereocenters. The van der Waals surface area contributed by atoms with Gasteiger partial charge in [0.15, 0.2) is 0 Å². The van der Waals surface area contributed by atoms with E-state index in [1.54, 1.807) is 12.1 Å². The van der Waals surface area contributed by atoms with E-state index in [0.29, 0.717) is 15.9 Å². The molecule has 1 aliphatic rings. The molecule has 0 bridgehead atoms. The summed E-state index contributed by atoms with van der Waals surface area (Å²) in [6.07, 6.45) is -1.28. The summed E-state index contributed by atoms with van der Waals surface area (Å²) in [4.78, 5) is 9.01. The summed E-state index contributed by atoms with van der Waals surface area (Å²) in [5.41, 5.74) is 3.61. The molecule has 39 heavy (non-hydrogen) atoms. The van der Waals surface area contributed by atoms with Crippen LogP contribution in [-0.2, 0) is 11.7 Å². The van der Waals surface area contributed by atoms with Gasteiger partial charge in [-0.15, -0.1) is 0 Å². The van der Waals surface area contributed by atoms with Gasteiger partial charge in [0.2, 0.25) is 0 Å². The fourth-order valence-electron chi connectivity index (χ4n) is 5.06. The fraction of sp³-hybridized carbons (Fsp3) is 0.161. The standard InChI is InChI=1S/C31H22Cl2F3N3/c32-24-10-1-19(2-11-24)28(20-3-12-25(33)13-4-20)21-5-14-27-26(17-21)29(38-18-37-27)39-30(15-16-30)22-6-8-23(9-7-22)31(34,35)36/h1-14,17-18,28H,15-16H2,(H,37,38,39). The number of rotatable bonds is 6. The van der Waals surface area contributed by atoms with Crippen LogP contribution in [-0.4, -0.2) is 9.97 Å². The van der Waals surface area contributed by atoms with E-state index in [1.807, 2.05) is 54.6 Å². The van der Waals surface area contributed by atoms with E-state index in [2.05, 4.69) is 27.4 Å². The zero-order valence-corrected chi connectivity index (χ0v) is 22.0. The molecule has 0 atom stereocenters. The van der Waals surface area contributed by atoms with Gasteiger partial charge < -0.3 is 5.32 Å². The first-order chi connectivity index (χ1) is 18.7. The number of anilines is 1. The second kappa shape index (κ2) is 9.85. The Labute approximate surface area is 233 Å². The van der Waals surface area contributed by atoms with Crippen LogP contribution >= 0.6 is 23.2 Å². The zero-order valence-electron chi connectivity index (χ0n) is 20.5. The van der Waals surface area contributed by atoms with E-state index >= 15 is 0 Å². The quantitative estimate of drug-likeness (QED) is 0.209. The van der Waals surface area contributed by atoms with Crippen molar-refractivity contribution >= 4 is 39.9 Å². The Morgan fingerprint density at radius 3 is 1.82 bits per heavy atom. The van der Waals surface area contributed by atoms with Crippen LogP contribution in [0, 0.1) is 0 Å². The molecule has 3 nitrogen and oxygen atoms in total. The molecule has 1 N–H and O–H groups in total. The molecule has 0 spiro atoms. The van der Waals surface area contributed by atoms with Crippen molar-refractivity contribution in [1.82, 2.24) is 9.97 Å². The number of fused-ring (bicyclic) bond motifs is 1. The maximum atomic E-state index is 13.1. The van der Waals surface area contributed by atoms with Crippen LogP contribution in [0.25, 0.3) is 10.9 Å². The molecule has 1 saturated carbocycles. The Balaban J connectivity index is 1.40. The Hall–Kier alpha value is -3.61. The second-order valence-electron chi connectivity index (χ2n) is 9.82. The number of hydrogen-bond donors (Lipinski definition) is 1. The molecular weight excluding hydrogens is 542 g/mol. The summed E-state index contributed by atoms with van der Waals surface area (Å²) in [5, 5.41) is 5.69. The summed E-state index contributed by atoms with van der Waals surface area (Å²) in [6.45, 7) is 0. The summed E-state index contributed by atoms with van der Waals surface area (Å²) >= 11 is 12.4. The van der Waals surface area contributed by atoms with Gasteiger partial charge in [-0.1, -0.05) is 65.7 Å². The van der Waals surface area contributed by atoms with Crippen molar-refractivity contribution in [2.45, 2.75) is 30.5 Å². The van der Waals surface area contributed by atoms with Crippen LogP contribution < -0.4 is 5.32 Å². The average molecular weight is 564 g/mol. The third-order valence-electron chi connectivity index (χ3n) is 7.27. The lowest BCUT2D eigenvalue weighted by Crippen LogP contribution is -2.20. The van der Waals surface area contributed by atoms with Crippen molar-refractivity contribution in [3.63, 3.8) is 0 Å². The molecule has 0 saturated heterocycles. The molecule has 1 fully saturated rings. The molecule has 0 aliphatic heterocycles. The minimum atomic E-state index is -4.37. The van der Waals surface area contributed by atoms with Crippen molar-refractivity contribution in [2.24, 2.45) is 0 Å². The van der Waals surface area contributed by atoms with E-state index in [4.69, 9.17) is 23.2 Å². The lowest BCUT2D eigenvalue weighted by atomic mass is 9.84. The van der Waals surface area contributed by atoms with E-state index in [1.165, 1.54) is 6.33 Å². The van der Waals surface area contributed by atoms with Crippen LogP contribution in [0.5, 0.6) is 0 Å². The van der Waals surface area contributed by atoms with Crippen molar-refractivity contribution in [1.29, 1.82) is 0 Å². The number of benzene rings is 4. The monoisotopic (exact) mass is 563 g/mol. The van der Waals surface area contributed by atoms with Crippen LogP contribution in [0.3, 0.4) is 0 Å². The van der Waals surface area contributed by atoms with Crippen LogP contribution in [0.4, 0.5) is 19.0 Å². The van der Waals surface area contributed by atoms with E-state index in [9.17, 15) is 13.2 Å². The van der Waals surface area contributed by atoms with Gasteiger partial charge in [0.25, 0.3) is 0 Å². The highest BCUT2D eigenvalue weighted by Gasteiger charge is 2.45. The molecule has 1 heterocycles. The van der Waals surface area contributed by atoms with Gasteiger partial charge in [0.05, 0.1) is 16.6 Å². The molecule has 4 aromatic carbocycles. The fourth-order valence-corrected chi connectivity index (χ4v) is 5.31. The van der Waals surface area contributed by atoms with Gasteiger partial charge >= 0.3 is 6.18 Å². The first-order valence-electron chi connectivity index (χ1n) is 12.4. The number of hydrogen-bond acceptors (Lipinski definition) is 3. The summed E-state index contributed by atoms with van der Waals surface area (Å²) in [6, 6.07) is 27.0. The Morgan fingerprint density at radius 1 is 0.718 bits per heavy atom. The van der Waals surface area contributed by atoms with Crippen molar-refractivity contribution in [2.75, 3.05) is 5.32 Å². The average Bonchev–Trinajstić information content (AvgIpc) is 3.71. The SMILES string of the molecule is FC(F)(F)c1ccc(C2(Nc3ncnc4ccc(C(c5ccc(Cl)cc5)c5ccc(Cl)cc5)cc34)CC2)cc1. The van der Waals surface area contributed by atoms with Gasteiger partial charge in [0.1, 0.15) is 12.1 Å². The van der Waals surface area contributed by atoms with Crippen molar-refractivity contribution in [3.05, 3.63) is 135 Å². The molecule has 1 aliphatic carbocycles.